The van der Waals surface area contributed by atoms with Gasteiger partial charge in [-0.2, -0.15) is 0 Å². The van der Waals surface area contributed by atoms with E-state index < -0.39 is 29.4 Å². The Morgan fingerprint density at radius 1 is 0.852 bits per heavy atom. The molecule has 1 aliphatic rings. The minimum absolute atomic E-state index is 0.283. The summed E-state index contributed by atoms with van der Waals surface area (Å²) in [6.07, 6.45) is 0.559. The summed E-state index contributed by atoms with van der Waals surface area (Å²) in [4.78, 5) is 14.5. The number of halogens is 3. The monoisotopic (exact) mass is 367 g/mol. The zero-order chi connectivity index (χ0) is 19.0. The van der Waals surface area contributed by atoms with E-state index in [-0.39, 0.29) is 12.1 Å². The van der Waals surface area contributed by atoms with Crippen LogP contribution in [0.25, 0.3) is 0 Å². The van der Waals surface area contributed by atoms with Crippen LogP contribution in [0, 0.1) is 17.5 Å². The van der Waals surface area contributed by atoms with Gasteiger partial charge in [0.15, 0.2) is 0 Å². The second-order valence-corrected chi connectivity index (χ2v) is 6.50. The van der Waals surface area contributed by atoms with E-state index in [9.17, 15) is 18.0 Å². The van der Waals surface area contributed by atoms with Gasteiger partial charge in [0.25, 0.3) is 5.91 Å². The molecule has 4 rings (SSSR count). The maximum absolute atomic E-state index is 14.6. The number of hydrogen-bond donors (Lipinski definition) is 0. The third kappa shape index (κ3) is 3.10. The molecule has 1 amide bonds. The van der Waals surface area contributed by atoms with Crippen molar-refractivity contribution >= 4 is 5.91 Å². The fraction of sp³-hybridized carbons (Fsp3) is 0.136. The lowest BCUT2D eigenvalue weighted by atomic mass is 9.87. The number of amides is 1. The molecule has 0 N–H and O–H groups in total. The second-order valence-electron chi connectivity index (χ2n) is 6.50. The number of rotatable bonds is 2. The van der Waals surface area contributed by atoms with E-state index >= 15 is 0 Å². The molecule has 0 unspecified atom stereocenters. The van der Waals surface area contributed by atoms with Crippen LogP contribution in [0.4, 0.5) is 13.2 Å². The molecule has 136 valence electrons. The van der Waals surface area contributed by atoms with Crippen molar-refractivity contribution in [2.75, 3.05) is 6.54 Å². The lowest BCUT2D eigenvalue weighted by Crippen LogP contribution is -2.41. The van der Waals surface area contributed by atoms with Crippen LogP contribution in [-0.2, 0) is 6.42 Å². The van der Waals surface area contributed by atoms with E-state index in [1.807, 2.05) is 24.3 Å². The third-order valence-corrected chi connectivity index (χ3v) is 4.90. The Hall–Kier alpha value is -3.08. The van der Waals surface area contributed by atoms with Gasteiger partial charge in [-0.05, 0) is 41.8 Å². The van der Waals surface area contributed by atoms with Crippen LogP contribution in [0.2, 0.25) is 0 Å². The lowest BCUT2D eigenvalue weighted by Gasteiger charge is -2.38. The van der Waals surface area contributed by atoms with Gasteiger partial charge in [-0.1, -0.05) is 42.5 Å². The molecule has 0 bridgehead atoms. The first-order valence-corrected chi connectivity index (χ1v) is 8.64. The second kappa shape index (κ2) is 6.91. The summed E-state index contributed by atoms with van der Waals surface area (Å²) in [5.74, 6) is -2.60. The van der Waals surface area contributed by atoms with E-state index in [0.29, 0.717) is 12.0 Å². The van der Waals surface area contributed by atoms with E-state index in [1.165, 1.54) is 11.0 Å². The molecular formula is C22H16F3NO. The van der Waals surface area contributed by atoms with Crippen molar-refractivity contribution in [3.63, 3.8) is 0 Å². The maximum Gasteiger partial charge on any atom is 0.257 e. The van der Waals surface area contributed by atoms with Gasteiger partial charge in [-0.25, -0.2) is 13.2 Å². The Bertz CT molecular complexity index is 1020. The van der Waals surface area contributed by atoms with Crippen LogP contribution in [-0.4, -0.2) is 17.4 Å². The van der Waals surface area contributed by atoms with Gasteiger partial charge >= 0.3 is 0 Å². The highest BCUT2D eigenvalue weighted by Crippen LogP contribution is 2.37. The van der Waals surface area contributed by atoms with E-state index in [0.717, 1.165) is 29.3 Å². The molecule has 27 heavy (non-hydrogen) atoms. The molecule has 3 aromatic carbocycles. The van der Waals surface area contributed by atoms with Gasteiger partial charge in [0.05, 0.1) is 11.6 Å². The average Bonchev–Trinajstić information content (AvgIpc) is 2.69. The number of fused-ring (bicyclic) bond motifs is 1. The largest absolute Gasteiger partial charge is 0.327 e. The number of carbonyl (C=O) groups is 1. The minimum atomic E-state index is -0.799. The van der Waals surface area contributed by atoms with Crippen molar-refractivity contribution in [2.45, 2.75) is 12.5 Å². The molecule has 1 aliphatic heterocycles. The molecule has 0 saturated carbocycles. The molecule has 5 heteroatoms. The van der Waals surface area contributed by atoms with Crippen LogP contribution in [0.5, 0.6) is 0 Å². The Balaban J connectivity index is 1.85. The Morgan fingerprint density at radius 3 is 2.33 bits per heavy atom. The standard InChI is InChI=1S/C22H16F3NO/c23-15-9-10-20(25)18(13-15)22(27)26-12-11-14-5-1-2-6-16(14)21(26)17-7-3-4-8-19(17)24/h1-10,13,21H,11-12H2/t21-/m0/s1. The summed E-state index contributed by atoms with van der Waals surface area (Å²) in [7, 11) is 0. The predicted octanol–water partition coefficient (Wildman–Crippen LogP) is 4.89. The third-order valence-electron chi connectivity index (χ3n) is 4.90. The van der Waals surface area contributed by atoms with Gasteiger partial charge in [0.2, 0.25) is 0 Å². The van der Waals surface area contributed by atoms with E-state index in [4.69, 9.17) is 0 Å². The average molecular weight is 367 g/mol. The van der Waals surface area contributed by atoms with Gasteiger partial charge in [-0.15, -0.1) is 0 Å². The summed E-state index contributed by atoms with van der Waals surface area (Å²) < 4.78 is 42.4. The highest BCUT2D eigenvalue weighted by Gasteiger charge is 2.34. The first-order chi connectivity index (χ1) is 13.1. The summed E-state index contributed by atoms with van der Waals surface area (Å²) >= 11 is 0. The SMILES string of the molecule is O=C(c1cc(F)ccc1F)N1CCc2ccccc2[C@H]1c1ccccc1F. The van der Waals surface area contributed by atoms with Crippen molar-refractivity contribution in [3.05, 3.63) is 106 Å². The fourth-order valence-corrected chi connectivity index (χ4v) is 3.63. The first-order valence-electron chi connectivity index (χ1n) is 8.64. The molecule has 0 fully saturated rings. The van der Waals surface area contributed by atoms with Crippen molar-refractivity contribution in [1.29, 1.82) is 0 Å². The maximum atomic E-state index is 14.6. The summed E-state index contributed by atoms with van der Waals surface area (Å²) in [5, 5.41) is 0. The molecule has 0 aromatic heterocycles. The molecule has 0 saturated heterocycles. The molecule has 0 spiro atoms. The van der Waals surface area contributed by atoms with Gasteiger partial charge < -0.3 is 4.90 Å². The number of carbonyl (C=O) groups excluding carboxylic acids is 1. The topological polar surface area (TPSA) is 20.3 Å². The predicted molar refractivity (Wildman–Crippen MR) is 95.8 cm³/mol. The van der Waals surface area contributed by atoms with Crippen molar-refractivity contribution in [1.82, 2.24) is 4.90 Å². The molecule has 3 aromatic rings. The highest BCUT2D eigenvalue weighted by atomic mass is 19.1. The van der Waals surface area contributed by atoms with Crippen LogP contribution < -0.4 is 0 Å². The van der Waals surface area contributed by atoms with Crippen LogP contribution in [0.3, 0.4) is 0 Å². The van der Waals surface area contributed by atoms with Crippen LogP contribution in [0.15, 0.2) is 66.7 Å². The first kappa shape index (κ1) is 17.3. The van der Waals surface area contributed by atoms with Gasteiger partial charge in [-0.3, -0.25) is 4.79 Å². The van der Waals surface area contributed by atoms with Crippen LogP contribution >= 0.6 is 0 Å². The summed E-state index contributed by atoms with van der Waals surface area (Å²) in [6.45, 7) is 0.283. The number of nitrogens with zero attached hydrogens (tertiary/aromatic N) is 1. The molecule has 1 heterocycles. The Labute approximate surface area is 154 Å². The number of hydrogen-bond acceptors (Lipinski definition) is 1. The summed E-state index contributed by atoms with van der Waals surface area (Å²) in [5.41, 5.74) is 1.78. The normalized spacial score (nSPS) is 16.1. The van der Waals surface area contributed by atoms with Crippen molar-refractivity contribution in [3.8, 4) is 0 Å². The van der Waals surface area contributed by atoms with Crippen LogP contribution in [0.1, 0.15) is 33.1 Å². The van der Waals surface area contributed by atoms with E-state index in [2.05, 4.69) is 0 Å². The zero-order valence-corrected chi connectivity index (χ0v) is 14.3. The van der Waals surface area contributed by atoms with Crippen molar-refractivity contribution in [2.24, 2.45) is 0 Å². The number of benzene rings is 3. The molecule has 2 nitrogen and oxygen atoms in total. The fourth-order valence-electron chi connectivity index (χ4n) is 3.63. The Kier molecular flexibility index (Phi) is 4.44. The molecular weight excluding hydrogens is 351 g/mol. The van der Waals surface area contributed by atoms with Gasteiger partial charge in [0.1, 0.15) is 17.5 Å². The smallest absolute Gasteiger partial charge is 0.257 e. The molecule has 1 atom stereocenters. The highest BCUT2D eigenvalue weighted by molar-refractivity contribution is 5.95. The molecule has 0 radical (unpaired) electrons. The minimum Gasteiger partial charge on any atom is -0.327 e. The zero-order valence-electron chi connectivity index (χ0n) is 14.3. The Morgan fingerprint density at radius 2 is 1.56 bits per heavy atom. The van der Waals surface area contributed by atoms with E-state index in [1.54, 1.807) is 18.2 Å². The lowest BCUT2D eigenvalue weighted by molar-refractivity contribution is 0.0686. The van der Waals surface area contributed by atoms with Crippen molar-refractivity contribution < 1.29 is 18.0 Å². The molecule has 0 aliphatic carbocycles. The quantitative estimate of drug-likeness (QED) is 0.631. The summed E-state index contributed by atoms with van der Waals surface area (Å²) in [6, 6.07) is 15.8. The van der Waals surface area contributed by atoms with Gasteiger partial charge in [0, 0.05) is 12.1 Å².